The molecule has 0 aromatic heterocycles. The minimum atomic E-state index is -4.20. The molecule has 212 valence electrons. The first-order valence-electron chi connectivity index (χ1n) is 12.8. The highest BCUT2D eigenvalue weighted by Gasteiger charge is 2.30. The third kappa shape index (κ3) is 6.72. The predicted octanol–water partition coefficient (Wildman–Crippen LogP) is 3.76. The van der Waals surface area contributed by atoms with Crippen molar-refractivity contribution >= 4 is 33.2 Å². The summed E-state index contributed by atoms with van der Waals surface area (Å²) in [5.74, 6) is -0.349. The van der Waals surface area contributed by atoms with Gasteiger partial charge in [-0.2, -0.15) is 0 Å². The van der Waals surface area contributed by atoms with Crippen LogP contribution in [-0.4, -0.2) is 60.3 Å². The van der Waals surface area contributed by atoms with Gasteiger partial charge in [0.05, 0.1) is 42.2 Å². The Bertz CT molecular complexity index is 1450. The molecule has 3 aromatic carbocycles. The molecule has 0 unspecified atom stereocenters. The van der Waals surface area contributed by atoms with E-state index in [4.69, 9.17) is 14.2 Å². The van der Waals surface area contributed by atoms with Gasteiger partial charge in [0.25, 0.3) is 15.9 Å². The fourth-order valence-electron chi connectivity index (χ4n) is 4.35. The van der Waals surface area contributed by atoms with Crippen molar-refractivity contribution in [3.63, 3.8) is 0 Å². The number of methoxy groups -OCH3 is 2. The van der Waals surface area contributed by atoms with Crippen molar-refractivity contribution in [1.82, 2.24) is 5.32 Å². The Morgan fingerprint density at radius 3 is 2.45 bits per heavy atom. The number of hydrogen-bond donors (Lipinski definition) is 2. The van der Waals surface area contributed by atoms with Gasteiger partial charge in [-0.25, -0.2) is 8.42 Å². The third-order valence-electron chi connectivity index (χ3n) is 6.51. The van der Waals surface area contributed by atoms with Gasteiger partial charge in [-0.3, -0.25) is 13.9 Å². The third-order valence-corrected chi connectivity index (χ3v) is 8.29. The van der Waals surface area contributed by atoms with E-state index in [1.807, 2.05) is 6.92 Å². The highest BCUT2D eigenvalue weighted by molar-refractivity contribution is 7.92. The average molecular weight is 568 g/mol. The van der Waals surface area contributed by atoms with E-state index in [9.17, 15) is 18.0 Å². The molecule has 10 nitrogen and oxygen atoms in total. The number of hydrogen-bond acceptors (Lipinski definition) is 7. The number of amides is 2. The number of anilines is 2. The van der Waals surface area contributed by atoms with Crippen LogP contribution in [0.5, 0.6) is 11.5 Å². The number of nitrogens with zero attached hydrogens (tertiary/aromatic N) is 1. The van der Waals surface area contributed by atoms with Gasteiger partial charge in [0.15, 0.2) is 0 Å². The molecule has 2 N–H and O–H groups in total. The van der Waals surface area contributed by atoms with E-state index in [1.54, 1.807) is 48.5 Å². The highest BCUT2D eigenvalue weighted by atomic mass is 32.2. The summed E-state index contributed by atoms with van der Waals surface area (Å²) in [6.07, 6.45) is 1.79. The SMILES string of the molecule is COc1ccc(N(CC(=O)Nc2ccccc2C(=O)NC[C@H]2CCCO2)S(=O)(=O)c2ccc(C)cc2)c(OC)c1. The molecule has 40 heavy (non-hydrogen) atoms. The number of para-hydroxylation sites is 1. The lowest BCUT2D eigenvalue weighted by molar-refractivity contribution is -0.114. The van der Waals surface area contributed by atoms with E-state index in [-0.39, 0.29) is 39.6 Å². The summed E-state index contributed by atoms with van der Waals surface area (Å²) in [6.45, 7) is 2.31. The summed E-state index contributed by atoms with van der Waals surface area (Å²) in [7, 11) is -1.31. The van der Waals surface area contributed by atoms with Crippen LogP contribution in [0.4, 0.5) is 11.4 Å². The molecular formula is C29H33N3O7S. The molecule has 0 radical (unpaired) electrons. The Morgan fingerprint density at radius 1 is 1.02 bits per heavy atom. The van der Waals surface area contributed by atoms with E-state index >= 15 is 0 Å². The average Bonchev–Trinajstić information content (AvgIpc) is 3.48. The maximum Gasteiger partial charge on any atom is 0.264 e. The minimum Gasteiger partial charge on any atom is -0.497 e. The van der Waals surface area contributed by atoms with E-state index < -0.39 is 22.5 Å². The summed E-state index contributed by atoms with van der Waals surface area (Å²) in [4.78, 5) is 26.3. The molecule has 1 fully saturated rings. The first-order valence-corrected chi connectivity index (χ1v) is 14.3. The fourth-order valence-corrected chi connectivity index (χ4v) is 5.78. The van der Waals surface area contributed by atoms with Gasteiger partial charge >= 0.3 is 0 Å². The second kappa shape index (κ2) is 12.8. The molecule has 1 aliphatic rings. The van der Waals surface area contributed by atoms with Crippen molar-refractivity contribution < 1.29 is 32.2 Å². The summed E-state index contributed by atoms with van der Waals surface area (Å²) in [5.41, 5.74) is 1.55. The zero-order chi connectivity index (χ0) is 28.7. The van der Waals surface area contributed by atoms with E-state index in [2.05, 4.69) is 10.6 Å². The molecule has 4 rings (SSSR count). The standard InChI is InChI=1S/C29H33N3O7S/c1-20-10-13-23(14-11-20)40(35,36)32(26-15-12-21(37-2)17-27(26)38-3)19-28(33)31-25-9-5-4-8-24(25)29(34)30-18-22-7-6-16-39-22/h4-5,8-15,17,22H,6-7,16,18-19H2,1-3H3,(H,30,34)(H,31,33)/t22-/m1/s1. The Labute approximate surface area is 234 Å². The van der Waals surface area contributed by atoms with Crippen LogP contribution in [0, 0.1) is 6.92 Å². The Morgan fingerprint density at radius 2 is 1.77 bits per heavy atom. The van der Waals surface area contributed by atoms with Gasteiger partial charge in [0, 0.05) is 19.2 Å². The van der Waals surface area contributed by atoms with Crippen LogP contribution in [0.3, 0.4) is 0 Å². The van der Waals surface area contributed by atoms with Gasteiger partial charge in [-0.05, 0) is 56.2 Å². The predicted molar refractivity (Wildman–Crippen MR) is 152 cm³/mol. The largest absolute Gasteiger partial charge is 0.497 e. The Hall–Kier alpha value is -4.09. The number of nitrogens with one attached hydrogen (secondary N) is 2. The molecule has 0 spiro atoms. The highest BCUT2D eigenvalue weighted by Crippen LogP contribution is 2.35. The number of carbonyl (C=O) groups excluding carboxylic acids is 2. The van der Waals surface area contributed by atoms with Crippen LogP contribution >= 0.6 is 0 Å². The van der Waals surface area contributed by atoms with Gasteiger partial charge in [0.2, 0.25) is 5.91 Å². The van der Waals surface area contributed by atoms with Crippen molar-refractivity contribution in [2.45, 2.75) is 30.8 Å². The van der Waals surface area contributed by atoms with Gasteiger partial charge in [-0.1, -0.05) is 29.8 Å². The maximum absolute atomic E-state index is 13.8. The van der Waals surface area contributed by atoms with Crippen molar-refractivity contribution in [3.05, 3.63) is 77.9 Å². The van der Waals surface area contributed by atoms with Crippen molar-refractivity contribution in [3.8, 4) is 11.5 Å². The lowest BCUT2D eigenvalue weighted by Crippen LogP contribution is -2.39. The quantitative estimate of drug-likeness (QED) is 0.362. The molecule has 1 atom stereocenters. The van der Waals surface area contributed by atoms with Crippen LogP contribution in [0.15, 0.2) is 71.6 Å². The second-order valence-electron chi connectivity index (χ2n) is 9.30. The second-order valence-corrected chi connectivity index (χ2v) is 11.2. The topological polar surface area (TPSA) is 123 Å². The van der Waals surface area contributed by atoms with Crippen molar-refractivity contribution in [2.75, 3.05) is 43.5 Å². The number of rotatable bonds is 11. The number of ether oxygens (including phenoxy) is 3. The molecular weight excluding hydrogens is 534 g/mol. The Balaban J connectivity index is 1.61. The van der Waals surface area contributed by atoms with Crippen LogP contribution in [0.25, 0.3) is 0 Å². The normalized spacial score (nSPS) is 14.8. The monoisotopic (exact) mass is 567 g/mol. The zero-order valence-electron chi connectivity index (χ0n) is 22.7. The number of benzene rings is 3. The molecule has 1 heterocycles. The molecule has 0 bridgehead atoms. The molecule has 11 heteroatoms. The van der Waals surface area contributed by atoms with Gasteiger partial charge in [0.1, 0.15) is 18.0 Å². The van der Waals surface area contributed by atoms with E-state index in [0.717, 1.165) is 22.7 Å². The molecule has 3 aromatic rings. The lowest BCUT2D eigenvalue weighted by Gasteiger charge is -2.26. The lowest BCUT2D eigenvalue weighted by atomic mass is 10.1. The molecule has 0 saturated carbocycles. The maximum atomic E-state index is 13.8. The molecule has 2 amide bonds. The summed E-state index contributed by atoms with van der Waals surface area (Å²) >= 11 is 0. The number of sulfonamides is 1. The van der Waals surface area contributed by atoms with Gasteiger partial charge < -0.3 is 24.8 Å². The first kappa shape index (κ1) is 28.9. The molecule has 1 saturated heterocycles. The fraction of sp³-hybridized carbons (Fsp3) is 0.310. The van der Waals surface area contributed by atoms with Crippen LogP contribution < -0.4 is 24.4 Å². The molecule has 1 aliphatic heterocycles. The zero-order valence-corrected chi connectivity index (χ0v) is 23.5. The summed E-state index contributed by atoms with van der Waals surface area (Å²) in [6, 6.07) is 17.5. The van der Waals surface area contributed by atoms with Crippen LogP contribution in [-0.2, 0) is 19.6 Å². The first-order chi connectivity index (χ1) is 19.2. The van der Waals surface area contributed by atoms with Crippen LogP contribution in [0.1, 0.15) is 28.8 Å². The summed E-state index contributed by atoms with van der Waals surface area (Å²) < 4.78 is 44.9. The van der Waals surface area contributed by atoms with Crippen LogP contribution in [0.2, 0.25) is 0 Å². The van der Waals surface area contributed by atoms with Gasteiger partial charge in [-0.15, -0.1) is 0 Å². The smallest absolute Gasteiger partial charge is 0.264 e. The number of carbonyl (C=O) groups is 2. The van der Waals surface area contributed by atoms with Crippen molar-refractivity contribution in [2.24, 2.45) is 0 Å². The van der Waals surface area contributed by atoms with Crippen molar-refractivity contribution in [1.29, 1.82) is 0 Å². The van der Waals surface area contributed by atoms with E-state index in [0.29, 0.717) is 18.9 Å². The minimum absolute atomic E-state index is 0.0117. The summed E-state index contributed by atoms with van der Waals surface area (Å²) in [5, 5.41) is 5.56. The van der Waals surface area contributed by atoms with E-state index in [1.165, 1.54) is 32.4 Å². The Kier molecular flexibility index (Phi) is 9.28. The number of aryl methyl sites for hydroxylation is 1. The molecule has 0 aliphatic carbocycles.